The number of hydrogen-bond donors (Lipinski definition) is 3. The summed E-state index contributed by atoms with van der Waals surface area (Å²) >= 11 is 0. The summed E-state index contributed by atoms with van der Waals surface area (Å²) in [4.78, 5) is 72.3. The minimum Gasteiger partial charge on any atom is -0.469 e. The summed E-state index contributed by atoms with van der Waals surface area (Å²) in [5.74, 6) is 1.96. The second-order valence-corrected chi connectivity index (χ2v) is 16.9. The molecular weight excluding hydrogens is 755 g/mol. The van der Waals surface area contributed by atoms with Crippen LogP contribution in [0, 0.1) is 23.7 Å². The molecule has 3 amide bonds. The van der Waals surface area contributed by atoms with E-state index in [0.29, 0.717) is 36.3 Å². The van der Waals surface area contributed by atoms with E-state index in [4.69, 9.17) is 28.9 Å². The van der Waals surface area contributed by atoms with Crippen LogP contribution in [0.2, 0.25) is 0 Å². The predicted octanol–water partition coefficient (Wildman–Crippen LogP) is 6.58. The number of piperidine rings is 1. The number of nitrogens with zero attached hydrogens (tertiary/aromatic N) is 4. The zero-order valence-electron chi connectivity index (χ0n) is 34.5. The molecule has 4 aliphatic rings. The molecule has 312 valence electrons. The van der Waals surface area contributed by atoms with Gasteiger partial charge in [-0.1, -0.05) is 52.0 Å². The van der Waals surface area contributed by atoms with E-state index in [1.807, 2.05) is 75.2 Å². The van der Waals surface area contributed by atoms with Crippen LogP contribution in [0.5, 0.6) is 11.5 Å². The Balaban J connectivity index is 0.999. The number of amides is 3. The smallest absolute Gasteiger partial charge is 0.407 e. The summed E-state index contributed by atoms with van der Waals surface area (Å²) in [6.45, 7) is 9.05. The van der Waals surface area contributed by atoms with Gasteiger partial charge in [-0.25, -0.2) is 14.8 Å². The highest BCUT2D eigenvalue weighted by molar-refractivity contribution is 5.87. The van der Waals surface area contributed by atoms with Crippen molar-refractivity contribution in [1.29, 1.82) is 0 Å². The molecule has 0 spiro atoms. The van der Waals surface area contributed by atoms with Gasteiger partial charge in [-0.2, -0.15) is 0 Å². The van der Waals surface area contributed by atoms with Crippen LogP contribution in [0.4, 0.5) is 4.79 Å². The Hall–Kier alpha value is -5.86. The fraction of sp³-hybridized carbons (Fsp3) is 0.500. The summed E-state index contributed by atoms with van der Waals surface area (Å²) in [7, 11) is 2.64. The number of aromatic amines is 2. The Morgan fingerprint density at radius 1 is 0.864 bits per heavy atom. The maximum absolute atomic E-state index is 14.0. The molecule has 5 heterocycles. The Bertz CT molecular complexity index is 2230. The number of esters is 1. The molecule has 59 heavy (non-hydrogen) atoms. The van der Waals surface area contributed by atoms with Crippen molar-refractivity contribution in [2.45, 2.75) is 83.8 Å². The topological polar surface area (TPSA) is 181 Å². The molecule has 5 atom stereocenters. The first-order chi connectivity index (χ1) is 28.4. The van der Waals surface area contributed by atoms with E-state index in [1.165, 1.54) is 14.2 Å². The molecule has 3 aliphatic heterocycles. The van der Waals surface area contributed by atoms with Gasteiger partial charge < -0.3 is 44.0 Å². The Kier molecular flexibility index (Phi) is 10.9. The highest BCUT2D eigenvalue weighted by Crippen LogP contribution is 2.53. The van der Waals surface area contributed by atoms with E-state index < -0.39 is 23.6 Å². The molecule has 8 rings (SSSR count). The standard InChI is InChI=1S/C44H53N7O8/c1-24(2)31(18-35(52)56-5)40(53)51-22-26-15-16-44(51,19-26)42-46-20-32(48-42)28-11-9-27(10-12-28)29-13-14-30(38-37(29)58-23-59-38)33-21-45-39(47-33)34-8-7-17-50(34)41(54)36(25(3)4)49-43(55)57-6/h9-14,20-21,24-26,31,34,36H,7-8,15-19,22-23H2,1-6H3,(H,45,47)(H,46,48)(H,49,55)/t26?,31-,34-,36-,44?/m0/s1. The molecule has 2 aromatic carbocycles. The zero-order valence-corrected chi connectivity index (χ0v) is 34.5. The molecule has 2 saturated heterocycles. The minimum absolute atomic E-state index is 0.00814. The van der Waals surface area contributed by atoms with Gasteiger partial charge in [0.1, 0.15) is 23.2 Å². The van der Waals surface area contributed by atoms with Gasteiger partial charge in [-0.15, -0.1) is 0 Å². The van der Waals surface area contributed by atoms with Crippen molar-refractivity contribution in [3.63, 3.8) is 0 Å². The first-order valence-corrected chi connectivity index (χ1v) is 20.6. The van der Waals surface area contributed by atoms with Crippen LogP contribution in [-0.4, -0.2) is 93.8 Å². The Morgan fingerprint density at radius 3 is 2.27 bits per heavy atom. The van der Waals surface area contributed by atoms with Crippen LogP contribution in [0.15, 0.2) is 48.8 Å². The van der Waals surface area contributed by atoms with Crippen LogP contribution < -0.4 is 14.8 Å². The predicted molar refractivity (Wildman–Crippen MR) is 217 cm³/mol. The lowest BCUT2D eigenvalue weighted by Gasteiger charge is -2.40. The molecule has 15 nitrogen and oxygen atoms in total. The van der Waals surface area contributed by atoms with Gasteiger partial charge in [0, 0.05) is 24.2 Å². The molecule has 3 N–H and O–H groups in total. The van der Waals surface area contributed by atoms with Gasteiger partial charge in [0.05, 0.1) is 56.4 Å². The third kappa shape index (κ3) is 7.28. The monoisotopic (exact) mass is 807 g/mol. The minimum atomic E-state index is -0.719. The molecule has 1 saturated carbocycles. The number of ether oxygens (including phenoxy) is 4. The number of likely N-dealkylation sites (tertiary alicyclic amines) is 2. The SMILES string of the molecule is COC(=O)C[C@H](C(=O)N1CC2CCC1(c1ncc(-c3ccc(-c4ccc(-c5cnc([C@@H]6CCCN6C(=O)[C@@H](NC(=O)OC)C(C)C)[nH]5)c5c4OCO5)cc3)[nH]1)C2)C(C)C. The van der Waals surface area contributed by atoms with E-state index in [-0.39, 0.29) is 48.9 Å². The zero-order chi connectivity index (χ0) is 41.6. The van der Waals surface area contributed by atoms with Crippen LogP contribution >= 0.6 is 0 Å². The number of benzene rings is 2. The number of carbonyl (C=O) groups is 4. The molecule has 2 unspecified atom stereocenters. The summed E-state index contributed by atoms with van der Waals surface area (Å²) < 4.78 is 21.8. The number of nitrogens with one attached hydrogen (secondary N) is 3. The van der Waals surface area contributed by atoms with E-state index >= 15 is 0 Å². The number of rotatable bonds is 12. The van der Waals surface area contributed by atoms with Crippen molar-refractivity contribution in [3.8, 4) is 45.1 Å². The van der Waals surface area contributed by atoms with E-state index in [2.05, 4.69) is 15.3 Å². The van der Waals surface area contributed by atoms with Crippen molar-refractivity contribution >= 4 is 23.9 Å². The highest BCUT2D eigenvalue weighted by Gasteiger charge is 2.56. The summed E-state index contributed by atoms with van der Waals surface area (Å²) in [5, 5.41) is 2.70. The van der Waals surface area contributed by atoms with Crippen LogP contribution in [0.25, 0.3) is 33.6 Å². The summed E-state index contributed by atoms with van der Waals surface area (Å²) in [5.41, 5.74) is 4.65. The van der Waals surface area contributed by atoms with E-state index in [0.717, 1.165) is 71.6 Å². The lowest BCUT2D eigenvalue weighted by molar-refractivity contribution is -0.151. The van der Waals surface area contributed by atoms with Gasteiger partial charge in [0.2, 0.25) is 18.6 Å². The van der Waals surface area contributed by atoms with Crippen molar-refractivity contribution in [2.75, 3.05) is 34.1 Å². The fourth-order valence-electron chi connectivity index (χ4n) is 9.48. The molecule has 4 aromatic rings. The number of H-pyrrole nitrogens is 2. The van der Waals surface area contributed by atoms with Gasteiger partial charge in [-0.3, -0.25) is 14.4 Å². The molecule has 2 bridgehead atoms. The lowest BCUT2D eigenvalue weighted by Crippen LogP contribution is -2.51. The van der Waals surface area contributed by atoms with Crippen molar-refractivity contribution in [2.24, 2.45) is 23.7 Å². The van der Waals surface area contributed by atoms with Crippen molar-refractivity contribution < 1.29 is 38.1 Å². The maximum atomic E-state index is 14.0. The molecule has 0 radical (unpaired) electrons. The number of aromatic nitrogens is 4. The van der Waals surface area contributed by atoms with Gasteiger partial charge >= 0.3 is 12.1 Å². The van der Waals surface area contributed by atoms with Gasteiger partial charge in [0.25, 0.3) is 0 Å². The second kappa shape index (κ2) is 16.1. The average Bonchev–Trinajstić information content (AvgIpc) is 4.10. The molecule has 2 aromatic heterocycles. The van der Waals surface area contributed by atoms with Gasteiger partial charge in [-0.05, 0) is 73.1 Å². The molecular formula is C44H53N7O8. The number of fused-ring (bicyclic) bond motifs is 3. The number of hydrogen-bond acceptors (Lipinski definition) is 10. The van der Waals surface area contributed by atoms with Crippen molar-refractivity contribution in [1.82, 2.24) is 35.1 Å². The molecule has 1 aliphatic carbocycles. The first-order valence-electron chi connectivity index (χ1n) is 20.6. The van der Waals surface area contributed by atoms with E-state index in [9.17, 15) is 19.2 Å². The van der Waals surface area contributed by atoms with Crippen LogP contribution in [-0.2, 0) is 29.4 Å². The molecule has 15 heteroatoms. The Labute approximate surface area is 343 Å². The number of methoxy groups -OCH3 is 2. The Morgan fingerprint density at radius 2 is 1.58 bits per heavy atom. The number of alkyl carbamates (subject to hydrolysis) is 1. The lowest BCUT2D eigenvalue weighted by atomic mass is 9.87. The summed E-state index contributed by atoms with van der Waals surface area (Å²) in [6.07, 6.45) is 7.29. The number of carbonyl (C=O) groups excluding carboxylic acids is 4. The highest BCUT2D eigenvalue weighted by atomic mass is 16.7. The third-order valence-corrected chi connectivity index (χ3v) is 12.7. The second-order valence-electron chi connectivity index (χ2n) is 16.9. The average molecular weight is 808 g/mol. The first kappa shape index (κ1) is 39.9. The molecule has 3 fully saturated rings. The van der Waals surface area contributed by atoms with Crippen LogP contribution in [0.1, 0.15) is 83.9 Å². The number of imidazole rings is 2. The fourth-order valence-corrected chi connectivity index (χ4v) is 9.48. The van der Waals surface area contributed by atoms with Crippen LogP contribution in [0.3, 0.4) is 0 Å². The summed E-state index contributed by atoms with van der Waals surface area (Å²) in [6, 6.07) is 11.2. The largest absolute Gasteiger partial charge is 0.469 e. The quantitative estimate of drug-likeness (QED) is 0.132. The third-order valence-electron chi connectivity index (χ3n) is 12.7. The maximum Gasteiger partial charge on any atom is 0.407 e. The van der Waals surface area contributed by atoms with Crippen molar-refractivity contribution in [3.05, 3.63) is 60.4 Å². The van der Waals surface area contributed by atoms with E-state index in [1.54, 1.807) is 11.1 Å². The van der Waals surface area contributed by atoms with Gasteiger partial charge in [0.15, 0.2) is 11.5 Å². The normalized spacial score (nSPS) is 21.6.